The predicted molar refractivity (Wildman–Crippen MR) is 129 cm³/mol. The highest BCUT2D eigenvalue weighted by Crippen LogP contribution is 2.35. The molecule has 1 heterocycles. The van der Waals surface area contributed by atoms with Gasteiger partial charge in [0.25, 0.3) is 0 Å². The number of carbonyl (C=O) groups excluding carboxylic acids is 1. The monoisotopic (exact) mass is 502 g/mol. The summed E-state index contributed by atoms with van der Waals surface area (Å²) in [6.07, 6.45) is 0. The number of amides is 1. The van der Waals surface area contributed by atoms with E-state index in [1.54, 1.807) is 42.5 Å². The molecule has 0 saturated heterocycles. The smallest absolute Gasteiger partial charge is 0.244 e. The number of nitrogens with one attached hydrogen (secondary N) is 1. The van der Waals surface area contributed by atoms with Gasteiger partial charge in [-0.3, -0.25) is 4.79 Å². The molecule has 4 aromatic rings. The molecule has 0 radical (unpaired) electrons. The van der Waals surface area contributed by atoms with Crippen LogP contribution in [0.2, 0.25) is 15.1 Å². The maximum absolute atomic E-state index is 13.2. The molecule has 0 aliphatic heterocycles. The summed E-state index contributed by atoms with van der Waals surface area (Å²) < 4.78 is 13.2. The van der Waals surface area contributed by atoms with E-state index in [0.29, 0.717) is 32.0 Å². The minimum atomic E-state index is -0.332. The number of benzene rings is 3. The van der Waals surface area contributed by atoms with E-state index in [9.17, 15) is 9.18 Å². The van der Waals surface area contributed by atoms with E-state index >= 15 is 0 Å². The third-order valence-electron chi connectivity index (χ3n) is 4.99. The zero-order chi connectivity index (χ0) is 23.5. The van der Waals surface area contributed by atoms with Crippen LogP contribution < -0.4 is 5.32 Å². The van der Waals surface area contributed by atoms with Gasteiger partial charge in [-0.05, 0) is 55.0 Å². The van der Waals surface area contributed by atoms with Crippen molar-refractivity contribution in [3.05, 3.63) is 93.2 Å². The van der Waals surface area contributed by atoms with E-state index in [4.69, 9.17) is 34.8 Å². The van der Waals surface area contributed by atoms with Crippen molar-refractivity contribution < 1.29 is 9.18 Å². The predicted octanol–water partition coefficient (Wildman–Crippen LogP) is 6.59. The minimum Gasteiger partial charge on any atom is -0.348 e. The highest BCUT2D eigenvalue weighted by molar-refractivity contribution is 6.36. The first-order valence-electron chi connectivity index (χ1n) is 10.0. The molecule has 33 heavy (non-hydrogen) atoms. The summed E-state index contributed by atoms with van der Waals surface area (Å²) in [6, 6.07) is 17.9. The Hall–Kier alpha value is -2.93. The van der Waals surface area contributed by atoms with Gasteiger partial charge in [-0.25, -0.2) is 4.39 Å². The summed E-state index contributed by atoms with van der Waals surface area (Å²) in [5, 5.41) is 13.5. The van der Waals surface area contributed by atoms with Crippen LogP contribution in [0.4, 0.5) is 4.39 Å². The normalized spacial score (nSPS) is 11.9. The van der Waals surface area contributed by atoms with Gasteiger partial charge in [-0.1, -0.05) is 59.1 Å². The Morgan fingerprint density at radius 2 is 1.58 bits per heavy atom. The molecule has 0 aliphatic carbocycles. The Kier molecular flexibility index (Phi) is 6.98. The Morgan fingerprint density at radius 1 is 0.939 bits per heavy atom. The molecule has 5 nitrogen and oxygen atoms in total. The van der Waals surface area contributed by atoms with Crippen molar-refractivity contribution in [2.24, 2.45) is 0 Å². The molecule has 0 saturated carbocycles. The zero-order valence-electron chi connectivity index (χ0n) is 17.4. The van der Waals surface area contributed by atoms with Crippen molar-refractivity contribution in [3.8, 4) is 22.5 Å². The fourth-order valence-electron chi connectivity index (χ4n) is 3.33. The Labute approximate surface area is 205 Å². The first-order chi connectivity index (χ1) is 15.8. The summed E-state index contributed by atoms with van der Waals surface area (Å²) in [6.45, 7) is 1.71. The van der Waals surface area contributed by atoms with E-state index in [-0.39, 0.29) is 24.3 Å². The van der Waals surface area contributed by atoms with Gasteiger partial charge >= 0.3 is 0 Å². The van der Waals surface area contributed by atoms with Crippen LogP contribution in [0.25, 0.3) is 22.5 Å². The van der Waals surface area contributed by atoms with E-state index in [1.165, 1.54) is 16.9 Å². The number of aromatic nitrogens is 3. The first-order valence-corrected chi connectivity index (χ1v) is 11.1. The molecule has 1 unspecified atom stereocenters. The summed E-state index contributed by atoms with van der Waals surface area (Å²) in [5.41, 5.74) is 3.26. The SMILES string of the molecule is CC(NC(=O)Cn1nc(-c2ccc(Cl)cc2)c(-c2ccc(Cl)cc2Cl)n1)c1ccc(F)cc1. The Bertz CT molecular complexity index is 1290. The molecule has 0 spiro atoms. The summed E-state index contributed by atoms with van der Waals surface area (Å²) >= 11 is 18.5. The second-order valence-electron chi connectivity index (χ2n) is 7.40. The molecule has 9 heteroatoms. The molecule has 1 N–H and O–H groups in total. The molecule has 168 valence electrons. The van der Waals surface area contributed by atoms with Crippen molar-refractivity contribution in [2.45, 2.75) is 19.5 Å². The van der Waals surface area contributed by atoms with Gasteiger partial charge < -0.3 is 5.32 Å². The van der Waals surface area contributed by atoms with E-state index in [1.807, 2.05) is 19.1 Å². The molecule has 0 aliphatic rings. The van der Waals surface area contributed by atoms with Crippen molar-refractivity contribution in [3.63, 3.8) is 0 Å². The third-order valence-corrected chi connectivity index (χ3v) is 5.79. The molecule has 0 bridgehead atoms. The molecule has 3 aromatic carbocycles. The van der Waals surface area contributed by atoms with Crippen LogP contribution in [0.5, 0.6) is 0 Å². The fraction of sp³-hybridized carbons (Fsp3) is 0.125. The van der Waals surface area contributed by atoms with Gasteiger partial charge in [-0.15, -0.1) is 0 Å². The van der Waals surface area contributed by atoms with Gasteiger partial charge in [0, 0.05) is 21.2 Å². The largest absolute Gasteiger partial charge is 0.348 e. The molecule has 1 atom stereocenters. The lowest BCUT2D eigenvalue weighted by Crippen LogP contribution is -2.30. The lowest BCUT2D eigenvalue weighted by molar-refractivity contribution is -0.122. The lowest BCUT2D eigenvalue weighted by Gasteiger charge is -2.14. The van der Waals surface area contributed by atoms with E-state index in [0.717, 1.165) is 11.1 Å². The maximum Gasteiger partial charge on any atom is 0.244 e. The number of carbonyl (C=O) groups is 1. The molecular formula is C24H18Cl3FN4O. The molecule has 0 fully saturated rings. The number of hydrogen-bond donors (Lipinski definition) is 1. The molecule has 1 aromatic heterocycles. The Morgan fingerprint density at radius 3 is 2.24 bits per heavy atom. The van der Waals surface area contributed by atoms with Crippen LogP contribution in [0, 0.1) is 5.82 Å². The van der Waals surface area contributed by atoms with Crippen molar-refractivity contribution >= 4 is 40.7 Å². The highest BCUT2D eigenvalue weighted by atomic mass is 35.5. The minimum absolute atomic E-state index is 0.114. The van der Waals surface area contributed by atoms with E-state index in [2.05, 4.69) is 15.5 Å². The fourth-order valence-corrected chi connectivity index (χ4v) is 3.96. The number of halogens is 4. The van der Waals surface area contributed by atoms with Crippen LogP contribution >= 0.6 is 34.8 Å². The average molecular weight is 504 g/mol. The van der Waals surface area contributed by atoms with Crippen LogP contribution in [-0.4, -0.2) is 20.9 Å². The second-order valence-corrected chi connectivity index (χ2v) is 8.68. The zero-order valence-corrected chi connectivity index (χ0v) is 19.7. The van der Waals surface area contributed by atoms with Gasteiger partial charge in [0.05, 0.1) is 11.1 Å². The maximum atomic E-state index is 13.2. The van der Waals surface area contributed by atoms with Crippen LogP contribution in [-0.2, 0) is 11.3 Å². The van der Waals surface area contributed by atoms with Crippen LogP contribution in [0.15, 0.2) is 66.7 Å². The van der Waals surface area contributed by atoms with Gasteiger partial charge in [0.1, 0.15) is 23.7 Å². The van der Waals surface area contributed by atoms with Crippen LogP contribution in [0.1, 0.15) is 18.5 Å². The Balaban J connectivity index is 1.62. The highest BCUT2D eigenvalue weighted by Gasteiger charge is 2.19. The van der Waals surface area contributed by atoms with Crippen molar-refractivity contribution in [1.29, 1.82) is 0 Å². The summed E-state index contributed by atoms with van der Waals surface area (Å²) in [5.74, 6) is -0.626. The number of hydrogen-bond acceptors (Lipinski definition) is 3. The first kappa shape index (κ1) is 23.2. The summed E-state index contributed by atoms with van der Waals surface area (Å²) in [7, 11) is 0. The average Bonchev–Trinajstić information content (AvgIpc) is 3.17. The molecular weight excluding hydrogens is 486 g/mol. The third kappa shape index (κ3) is 5.53. The number of rotatable bonds is 6. The van der Waals surface area contributed by atoms with Gasteiger partial charge in [-0.2, -0.15) is 15.0 Å². The number of nitrogens with zero attached hydrogens (tertiary/aromatic N) is 3. The lowest BCUT2D eigenvalue weighted by atomic mass is 10.1. The quantitative estimate of drug-likeness (QED) is 0.323. The van der Waals surface area contributed by atoms with Gasteiger partial charge in [0.2, 0.25) is 5.91 Å². The van der Waals surface area contributed by atoms with Crippen LogP contribution in [0.3, 0.4) is 0 Å². The van der Waals surface area contributed by atoms with Gasteiger partial charge in [0.15, 0.2) is 0 Å². The van der Waals surface area contributed by atoms with E-state index < -0.39 is 0 Å². The standard InChI is InChI=1S/C24H18Cl3FN4O/c1-14(15-4-9-19(28)10-5-15)29-22(33)13-32-30-23(16-2-6-17(25)7-3-16)24(31-32)20-11-8-18(26)12-21(20)27/h2-12,14H,13H2,1H3,(H,29,33). The molecule has 4 rings (SSSR count). The topological polar surface area (TPSA) is 59.8 Å². The summed E-state index contributed by atoms with van der Waals surface area (Å²) in [4.78, 5) is 14.0. The second kappa shape index (κ2) is 9.91. The molecule has 1 amide bonds. The van der Waals surface area contributed by atoms with Crippen molar-refractivity contribution in [2.75, 3.05) is 0 Å². The van der Waals surface area contributed by atoms with Crippen molar-refractivity contribution in [1.82, 2.24) is 20.3 Å².